The average Bonchev–Trinajstić information content (AvgIpc) is 3.21. The van der Waals surface area contributed by atoms with Gasteiger partial charge in [-0.05, 0) is 36.1 Å². The maximum atomic E-state index is 12.4. The molecule has 0 saturated heterocycles. The van der Waals surface area contributed by atoms with Gasteiger partial charge in [0.15, 0.2) is 11.4 Å². The third-order valence-corrected chi connectivity index (χ3v) is 9.00. The highest BCUT2D eigenvalue weighted by Crippen LogP contribution is 2.47. The Labute approximate surface area is 189 Å². The second-order valence-electron chi connectivity index (χ2n) is 7.48. The number of aryl methyl sites for hydroxylation is 2. The van der Waals surface area contributed by atoms with Gasteiger partial charge in [-0.1, -0.05) is 6.07 Å². The lowest BCUT2D eigenvalue weighted by molar-refractivity contribution is 0.107. The van der Waals surface area contributed by atoms with Crippen molar-refractivity contribution in [1.29, 1.82) is 0 Å². The van der Waals surface area contributed by atoms with Gasteiger partial charge < -0.3 is 32.7 Å². The van der Waals surface area contributed by atoms with E-state index in [1.807, 2.05) is 18.2 Å². The van der Waals surface area contributed by atoms with Crippen molar-refractivity contribution in [2.24, 2.45) is 4.99 Å². The van der Waals surface area contributed by atoms with E-state index in [-0.39, 0.29) is 32.1 Å². The number of rotatable bonds is 14. The van der Waals surface area contributed by atoms with Crippen LogP contribution in [-0.2, 0) is 44.8 Å². The van der Waals surface area contributed by atoms with Crippen molar-refractivity contribution in [1.82, 2.24) is 0 Å². The van der Waals surface area contributed by atoms with Crippen molar-refractivity contribution in [2.75, 3.05) is 60.6 Å². The molecule has 1 aromatic carbocycles. The molecule has 0 saturated carbocycles. The molecule has 1 aliphatic heterocycles. The highest BCUT2D eigenvalue weighted by molar-refractivity contribution is 7.54. The minimum Gasteiger partial charge on any atom is -0.491 e. The predicted octanol–water partition coefficient (Wildman–Crippen LogP) is 3.30. The van der Waals surface area contributed by atoms with E-state index < -0.39 is 20.7 Å². The van der Waals surface area contributed by atoms with E-state index in [9.17, 15) is 14.2 Å². The van der Waals surface area contributed by atoms with Gasteiger partial charge >= 0.3 is 15.2 Å². The number of aliphatic imine (C=N–C) groups is 1. The standard InChI is InChI=1S/C20H33NO9P2/c1-16-21-20(13-22,14-29-16)15-30-19-11-17(6-8-31(23,25-2)26-3)10-18(12-19)7-9-32(24,27-4)28-5/h10-12,22H,6-9,13-15H2,1-5H3. The molecule has 0 radical (unpaired) electrons. The first-order chi connectivity index (χ1) is 15.1. The number of ether oxygens (including phenoxy) is 2. The quantitative estimate of drug-likeness (QED) is 0.389. The van der Waals surface area contributed by atoms with Crippen molar-refractivity contribution in [3.05, 3.63) is 29.3 Å². The number of hydrogen-bond acceptors (Lipinski definition) is 10. The van der Waals surface area contributed by atoms with Crippen LogP contribution in [0.4, 0.5) is 0 Å². The van der Waals surface area contributed by atoms with Gasteiger partial charge in [0.2, 0.25) is 0 Å². The number of benzene rings is 1. The highest BCUT2D eigenvalue weighted by atomic mass is 31.2. The van der Waals surface area contributed by atoms with E-state index in [1.165, 1.54) is 28.4 Å². The maximum absolute atomic E-state index is 12.4. The van der Waals surface area contributed by atoms with Gasteiger partial charge in [0.25, 0.3) is 0 Å². The van der Waals surface area contributed by atoms with Crippen LogP contribution >= 0.6 is 15.2 Å². The third kappa shape index (κ3) is 7.39. The molecule has 0 aromatic heterocycles. The molecule has 2 rings (SSSR count). The van der Waals surface area contributed by atoms with Crippen molar-refractivity contribution >= 4 is 21.1 Å². The van der Waals surface area contributed by atoms with E-state index in [2.05, 4.69) is 4.99 Å². The van der Waals surface area contributed by atoms with Crippen LogP contribution in [0.1, 0.15) is 18.1 Å². The molecule has 1 aliphatic rings. The Morgan fingerprint density at radius 2 is 1.47 bits per heavy atom. The molecule has 10 nitrogen and oxygen atoms in total. The summed E-state index contributed by atoms with van der Waals surface area (Å²) in [5.74, 6) is 1.04. The second kappa shape index (κ2) is 11.7. The molecular formula is C20H33NO9P2. The fourth-order valence-corrected chi connectivity index (χ4v) is 5.30. The Bertz CT molecular complexity index is 828. The molecule has 0 aliphatic carbocycles. The van der Waals surface area contributed by atoms with Crippen molar-refractivity contribution in [3.8, 4) is 5.75 Å². The summed E-state index contributed by atoms with van der Waals surface area (Å²) >= 11 is 0. The van der Waals surface area contributed by atoms with Gasteiger partial charge in [-0.3, -0.25) is 9.13 Å². The molecule has 1 unspecified atom stereocenters. The van der Waals surface area contributed by atoms with Crippen LogP contribution in [0.3, 0.4) is 0 Å². The van der Waals surface area contributed by atoms with Gasteiger partial charge in [-0.15, -0.1) is 0 Å². The first kappa shape index (κ1) is 27.0. The molecule has 0 spiro atoms. The van der Waals surface area contributed by atoms with Crippen LogP contribution in [0.15, 0.2) is 23.2 Å². The van der Waals surface area contributed by atoms with Crippen LogP contribution in [0, 0.1) is 0 Å². The number of nitrogens with zero attached hydrogens (tertiary/aromatic N) is 1. The molecule has 0 fully saturated rings. The zero-order valence-corrected chi connectivity index (χ0v) is 21.0. The maximum Gasteiger partial charge on any atom is 0.330 e. The van der Waals surface area contributed by atoms with Gasteiger partial charge in [0.05, 0.1) is 18.9 Å². The molecule has 1 N–H and O–H groups in total. The molecule has 1 heterocycles. The molecule has 1 aromatic rings. The summed E-state index contributed by atoms with van der Waals surface area (Å²) in [6.07, 6.45) is 1.21. The molecule has 0 amide bonds. The van der Waals surface area contributed by atoms with Crippen molar-refractivity contribution in [2.45, 2.75) is 25.3 Å². The van der Waals surface area contributed by atoms with E-state index >= 15 is 0 Å². The summed E-state index contributed by atoms with van der Waals surface area (Å²) in [6.45, 7) is 1.86. The Morgan fingerprint density at radius 3 is 1.84 bits per heavy atom. The summed E-state index contributed by atoms with van der Waals surface area (Å²) in [5, 5.41) is 9.79. The minimum atomic E-state index is -3.18. The largest absolute Gasteiger partial charge is 0.491 e. The fraction of sp³-hybridized carbons (Fsp3) is 0.650. The smallest absolute Gasteiger partial charge is 0.330 e. The lowest BCUT2D eigenvalue weighted by Gasteiger charge is -2.22. The van der Waals surface area contributed by atoms with E-state index in [4.69, 9.17) is 27.6 Å². The monoisotopic (exact) mass is 493 g/mol. The molecule has 1 atom stereocenters. The molecule has 182 valence electrons. The average molecular weight is 493 g/mol. The molecular weight excluding hydrogens is 460 g/mol. The third-order valence-electron chi connectivity index (χ3n) is 5.23. The lowest BCUT2D eigenvalue weighted by atomic mass is 10.0. The number of aliphatic hydroxyl groups excluding tert-OH is 1. The number of aliphatic hydroxyl groups is 1. The normalized spacial score (nSPS) is 19.0. The Balaban J connectivity index is 2.22. The second-order valence-corrected chi connectivity index (χ2v) is 12.3. The fourth-order valence-electron chi connectivity index (χ4n) is 3.20. The van der Waals surface area contributed by atoms with Gasteiger partial charge in [0, 0.05) is 35.4 Å². The first-order valence-electron chi connectivity index (χ1n) is 10.1. The van der Waals surface area contributed by atoms with Crippen molar-refractivity contribution < 1.29 is 41.8 Å². The Hall–Kier alpha value is -1.25. The van der Waals surface area contributed by atoms with E-state index in [1.54, 1.807) is 6.92 Å². The van der Waals surface area contributed by atoms with Gasteiger partial charge in [0.1, 0.15) is 19.0 Å². The van der Waals surface area contributed by atoms with Gasteiger partial charge in [-0.25, -0.2) is 4.99 Å². The Kier molecular flexibility index (Phi) is 9.91. The van der Waals surface area contributed by atoms with Crippen LogP contribution in [0.5, 0.6) is 5.75 Å². The number of hydrogen-bond donors (Lipinski definition) is 1. The zero-order chi connectivity index (χ0) is 23.8. The summed E-state index contributed by atoms with van der Waals surface area (Å²) in [4.78, 5) is 4.36. The summed E-state index contributed by atoms with van der Waals surface area (Å²) in [7, 11) is -0.953. The lowest BCUT2D eigenvalue weighted by Crippen LogP contribution is -2.39. The first-order valence-corrected chi connectivity index (χ1v) is 13.6. The predicted molar refractivity (Wildman–Crippen MR) is 121 cm³/mol. The van der Waals surface area contributed by atoms with Crippen LogP contribution < -0.4 is 4.74 Å². The minimum absolute atomic E-state index is 0.118. The van der Waals surface area contributed by atoms with Crippen LogP contribution in [-0.4, -0.2) is 77.1 Å². The van der Waals surface area contributed by atoms with Gasteiger partial charge in [-0.2, -0.15) is 0 Å². The molecule has 32 heavy (non-hydrogen) atoms. The van der Waals surface area contributed by atoms with Crippen molar-refractivity contribution in [3.63, 3.8) is 0 Å². The SMILES string of the molecule is COP(=O)(CCc1cc(CCP(=O)(OC)OC)cc(OCC2(CO)COC(C)=N2)c1)OC. The summed E-state index contributed by atoms with van der Waals surface area (Å²) < 4.78 is 56.3. The topological polar surface area (TPSA) is 122 Å². The zero-order valence-electron chi connectivity index (χ0n) is 19.2. The van der Waals surface area contributed by atoms with E-state index in [0.29, 0.717) is 24.5 Å². The molecule has 12 heteroatoms. The Morgan fingerprint density at radius 1 is 0.969 bits per heavy atom. The molecule has 0 bridgehead atoms. The summed E-state index contributed by atoms with van der Waals surface area (Å²) in [6, 6.07) is 5.56. The van der Waals surface area contributed by atoms with Crippen LogP contribution in [0.25, 0.3) is 0 Å². The van der Waals surface area contributed by atoms with E-state index in [0.717, 1.165) is 11.1 Å². The van der Waals surface area contributed by atoms with Crippen LogP contribution in [0.2, 0.25) is 0 Å². The highest BCUT2D eigenvalue weighted by Gasteiger charge is 2.36. The summed E-state index contributed by atoms with van der Waals surface area (Å²) in [5.41, 5.74) is 0.831.